The largest absolute Gasteiger partial charge is 0.460 e. The van der Waals surface area contributed by atoms with Crippen molar-refractivity contribution < 1.29 is 39.2 Å². The number of rotatable bonds is 20. The van der Waals surface area contributed by atoms with E-state index in [9.17, 15) is 29.7 Å². The molecule has 10 nitrogen and oxygen atoms in total. The number of carbonyl (C=O) groups excluding carboxylic acids is 3. The lowest BCUT2D eigenvalue weighted by Gasteiger charge is -2.28. The minimum atomic E-state index is -1.74. The van der Waals surface area contributed by atoms with Crippen molar-refractivity contribution in [1.29, 1.82) is 0 Å². The Kier molecular flexibility index (Phi) is 18.8. The Morgan fingerprint density at radius 1 is 0.952 bits per heavy atom. The quantitative estimate of drug-likeness (QED) is 0.0808. The summed E-state index contributed by atoms with van der Waals surface area (Å²) in [6.07, 6.45) is 10.3. The van der Waals surface area contributed by atoms with Crippen LogP contribution < -0.4 is 10.6 Å². The van der Waals surface area contributed by atoms with Crippen LogP contribution in [-0.2, 0) is 23.9 Å². The third-order valence-corrected chi connectivity index (χ3v) is 7.51. The van der Waals surface area contributed by atoms with E-state index >= 15 is 0 Å². The van der Waals surface area contributed by atoms with Crippen LogP contribution in [0.15, 0.2) is 12.2 Å². The van der Waals surface area contributed by atoms with Gasteiger partial charge in [0.2, 0.25) is 5.91 Å². The molecule has 0 aromatic heterocycles. The SMILES string of the molecule is CCCCCCCCCCCCCC(=O)O[C@@H]1CC[C@H](NC(=O)[C@H](OC)[C@H](O)[C@@H](O)[C@H](O)/C=C/C(C)(C)C)C(=O)NC1. The zero-order valence-electron chi connectivity index (χ0n) is 26.6. The molecule has 1 rings (SSSR count). The standard InChI is InChI=1S/C32H58N2O8/c1-6-7-8-9-10-11-12-13-14-15-16-17-26(36)42-23-18-19-24(30(39)33-22-23)34-31(40)29(41-5)28(38)27(37)25(35)20-21-32(2,3)4/h20-21,23-25,27-29,35,37-38H,6-19,22H2,1-5H3,(H,33,39)(H,34,40)/b21-20+/t23-,24+,25-,27+,28-,29-/m1/s1. The summed E-state index contributed by atoms with van der Waals surface area (Å²) in [5.74, 6) is -1.53. The Balaban J connectivity index is 2.41. The molecule has 0 saturated carbocycles. The van der Waals surface area contributed by atoms with Crippen LogP contribution in [0.4, 0.5) is 0 Å². The average molecular weight is 599 g/mol. The number of esters is 1. The molecule has 0 aromatic carbocycles. The molecule has 0 aliphatic carbocycles. The maximum Gasteiger partial charge on any atom is 0.306 e. The van der Waals surface area contributed by atoms with Gasteiger partial charge in [-0.25, -0.2) is 0 Å². The summed E-state index contributed by atoms with van der Waals surface area (Å²) in [5, 5.41) is 36.4. The van der Waals surface area contributed by atoms with E-state index in [0.717, 1.165) is 19.3 Å². The highest BCUT2D eigenvalue weighted by Crippen LogP contribution is 2.18. The van der Waals surface area contributed by atoms with Gasteiger partial charge in [0.1, 0.15) is 30.5 Å². The fourth-order valence-electron chi connectivity index (χ4n) is 4.88. The van der Waals surface area contributed by atoms with Gasteiger partial charge < -0.3 is 35.4 Å². The summed E-state index contributed by atoms with van der Waals surface area (Å²) in [5.41, 5.74) is -0.255. The predicted molar refractivity (Wildman–Crippen MR) is 163 cm³/mol. The zero-order chi connectivity index (χ0) is 31.5. The number of carbonyl (C=O) groups is 3. The molecular formula is C32H58N2O8. The van der Waals surface area contributed by atoms with Crippen molar-refractivity contribution in [3.05, 3.63) is 12.2 Å². The van der Waals surface area contributed by atoms with E-state index in [1.54, 1.807) is 6.08 Å². The molecule has 1 aliphatic rings. The number of ether oxygens (including phenoxy) is 2. The topological polar surface area (TPSA) is 154 Å². The van der Waals surface area contributed by atoms with Crippen LogP contribution in [-0.4, -0.2) is 83.3 Å². The Morgan fingerprint density at radius 3 is 2.07 bits per heavy atom. The molecule has 1 fully saturated rings. The Labute approximate surface area is 253 Å². The van der Waals surface area contributed by atoms with Crippen LogP contribution >= 0.6 is 0 Å². The summed E-state index contributed by atoms with van der Waals surface area (Å²) in [4.78, 5) is 37.8. The third kappa shape index (κ3) is 16.0. The van der Waals surface area contributed by atoms with E-state index in [0.29, 0.717) is 12.8 Å². The van der Waals surface area contributed by atoms with Crippen molar-refractivity contribution in [2.24, 2.45) is 5.41 Å². The molecule has 42 heavy (non-hydrogen) atoms. The number of hydrogen-bond acceptors (Lipinski definition) is 8. The van der Waals surface area contributed by atoms with Gasteiger partial charge in [0, 0.05) is 13.5 Å². The second-order valence-corrected chi connectivity index (χ2v) is 12.6. The molecule has 1 heterocycles. The molecule has 0 radical (unpaired) electrons. The number of nitrogens with one attached hydrogen (secondary N) is 2. The van der Waals surface area contributed by atoms with Crippen LogP contribution in [0, 0.1) is 5.41 Å². The molecule has 0 aromatic rings. The Hall–Kier alpha value is -2.01. The smallest absolute Gasteiger partial charge is 0.306 e. The number of methoxy groups -OCH3 is 1. The number of allylic oxidation sites excluding steroid dienone is 1. The van der Waals surface area contributed by atoms with E-state index in [-0.39, 0.29) is 24.3 Å². The minimum Gasteiger partial charge on any atom is -0.460 e. The molecule has 244 valence electrons. The monoisotopic (exact) mass is 598 g/mol. The minimum absolute atomic E-state index is 0.149. The van der Waals surface area contributed by atoms with E-state index < -0.39 is 48.4 Å². The van der Waals surface area contributed by atoms with Crippen molar-refractivity contribution >= 4 is 17.8 Å². The van der Waals surface area contributed by atoms with Gasteiger partial charge in [-0.2, -0.15) is 0 Å². The predicted octanol–water partition coefficient (Wildman–Crippen LogP) is 3.69. The molecule has 5 N–H and O–H groups in total. The molecule has 1 aliphatic heterocycles. The molecule has 6 atom stereocenters. The second-order valence-electron chi connectivity index (χ2n) is 12.6. The van der Waals surface area contributed by atoms with Gasteiger partial charge in [0.25, 0.3) is 5.91 Å². The molecule has 0 bridgehead atoms. The lowest BCUT2D eigenvalue weighted by molar-refractivity contribution is -0.151. The Bertz CT molecular complexity index is 813. The summed E-state index contributed by atoms with van der Waals surface area (Å²) in [6.45, 7) is 8.11. The number of aliphatic hydroxyl groups excluding tert-OH is 3. The third-order valence-electron chi connectivity index (χ3n) is 7.51. The number of hydrogen-bond donors (Lipinski definition) is 5. The highest BCUT2D eigenvalue weighted by Gasteiger charge is 2.37. The van der Waals surface area contributed by atoms with E-state index in [1.807, 2.05) is 20.8 Å². The van der Waals surface area contributed by atoms with E-state index in [4.69, 9.17) is 9.47 Å². The van der Waals surface area contributed by atoms with Gasteiger partial charge in [-0.15, -0.1) is 0 Å². The molecule has 10 heteroatoms. The van der Waals surface area contributed by atoms with E-state index in [1.165, 1.54) is 64.6 Å². The summed E-state index contributed by atoms with van der Waals surface area (Å²) < 4.78 is 10.7. The van der Waals surface area contributed by atoms with Gasteiger partial charge in [0.05, 0.1) is 6.54 Å². The highest BCUT2D eigenvalue weighted by atomic mass is 16.5. The van der Waals surface area contributed by atoms with Crippen molar-refractivity contribution in [3.63, 3.8) is 0 Å². The van der Waals surface area contributed by atoms with Crippen LogP contribution in [0.25, 0.3) is 0 Å². The van der Waals surface area contributed by atoms with Crippen molar-refractivity contribution in [2.75, 3.05) is 13.7 Å². The molecule has 0 unspecified atom stereocenters. The van der Waals surface area contributed by atoms with Crippen LogP contribution in [0.5, 0.6) is 0 Å². The highest BCUT2D eigenvalue weighted by molar-refractivity contribution is 5.89. The molecule has 2 amide bonds. The van der Waals surface area contributed by atoms with Gasteiger partial charge in [0.15, 0.2) is 6.10 Å². The number of aliphatic hydroxyl groups is 3. The number of unbranched alkanes of at least 4 members (excludes halogenated alkanes) is 10. The molecular weight excluding hydrogens is 540 g/mol. The van der Waals surface area contributed by atoms with Gasteiger partial charge >= 0.3 is 5.97 Å². The van der Waals surface area contributed by atoms with Crippen LogP contribution in [0.3, 0.4) is 0 Å². The average Bonchev–Trinajstić information content (AvgIpc) is 3.10. The van der Waals surface area contributed by atoms with Gasteiger partial charge in [-0.1, -0.05) is 104 Å². The first-order valence-corrected chi connectivity index (χ1v) is 15.9. The van der Waals surface area contributed by atoms with Crippen molar-refractivity contribution in [1.82, 2.24) is 10.6 Å². The normalized spacial score (nSPS) is 20.8. The number of amides is 2. The fourth-order valence-corrected chi connectivity index (χ4v) is 4.88. The lowest BCUT2D eigenvalue weighted by atomic mass is 9.94. The summed E-state index contributed by atoms with van der Waals surface area (Å²) >= 11 is 0. The maximum atomic E-state index is 12.9. The maximum absolute atomic E-state index is 12.9. The lowest BCUT2D eigenvalue weighted by Crippen LogP contribution is -2.55. The Morgan fingerprint density at radius 2 is 1.52 bits per heavy atom. The van der Waals surface area contributed by atoms with Crippen LogP contribution in [0.1, 0.15) is 118 Å². The van der Waals surface area contributed by atoms with Gasteiger partial charge in [-0.05, 0) is 24.7 Å². The molecule has 1 saturated heterocycles. The van der Waals surface area contributed by atoms with Crippen LogP contribution in [0.2, 0.25) is 0 Å². The zero-order valence-corrected chi connectivity index (χ0v) is 26.6. The first-order valence-electron chi connectivity index (χ1n) is 15.9. The first-order chi connectivity index (χ1) is 19.9. The summed E-state index contributed by atoms with van der Waals surface area (Å²) in [6, 6.07) is -0.930. The fraction of sp³-hybridized carbons (Fsp3) is 0.844. The van der Waals surface area contributed by atoms with Crippen molar-refractivity contribution in [3.8, 4) is 0 Å². The molecule has 0 spiro atoms. The second kappa shape index (κ2) is 20.8. The van der Waals surface area contributed by atoms with Gasteiger partial charge in [-0.3, -0.25) is 14.4 Å². The first kappa shape index (κ1) is 38.0. The van der Waals surface area contributed by atoms with Crippen molar-refractivity contribution in [2.45, 2.75) is 154 Å². The summed E-state index contributed by atoms with van der Waals surface area (Å²) in [7, 11) is 1.19. The van der Waals surface area contributed by atoms with E-state index in [2.05, 4.69) is 17.6 Å².